The lowest BCUT2D eigenvalue weighted by Gasteiger charge is -2.31. The second kappa shape index (κ2) is 12.2. The first-order chi connectivity index (χ1) is 14.6. The first kappa shape index (κ1) is 24.6. The average Bonchev–Trinajstić information content (AvgIpc) is 2.78. The van der Waals surface area contributed by atoms with E-state index in [-0.39, 0.29) is 24.1 Å². The van der Waals surface area contributed by atoms with Gasteiger partial charge in [0.05, 0.1) is 0 Å². The fourth-order valence-electron chi connectivity index (χ4n) is 3.67. The van der Waals surface area contributed by atoms with Gasteiger partial charge in [-0.3, -0.25) is 9.59 Å². The fourth-order valence-corrected chi connectivity index (χ4v) is 3.67. The van der Waals surface area contributed by atoms with Gasteiger partial charge in [-0.1, -0.05) is 74.5 Å². The maximum absolute atomic E-state index is 13.2. The molecule has 0 aliphatic carbocycles. The van der Waals surface area contributed by atoms with Crippen molar-refractivity contribution in [2.45, 2.75) is 20.3 Å². The topological polar surface area (TPSA) is 40.6 Å². The Morgan fingerprint density at radius 2 is 1.32 bits per heavy atom. The largest absolute Gasteiger partial charge is 0.334 e. The molecule has 164 valence electrons. The fraction of sp³-hybridized carbons (Fsp3) is 0.308. The van der Waals surface area contributed by atoms with Crippen LogP contribution in [-0.2, 0) is 9.59 Å². The summed E-state index contributed by atoms with van der Waals surface area (Å²) >= 11 is 0. The number of hydrogen-bond acceptors (Lipinski definition) is 3. The molecule has 0 atom stereocenters. The van der Waals surface area contributed by atoms with Gasteiger partial charge in [-0.15, -0.1) is 12.4 Å². The molecule has 0 unspecified atom stereocenters. The monoisotopic (exact) mass is 438 g/mol. The third kappa shape index (κ3) is 6.91. The molecule has 0 bridgehead atoms. The summed E-state index contributed by atoms with van der Waals surface area (Å²) in [6.07, 6.45) is 4.28. The van der Waals surface area contributed by atoms with E-state index in [1.54, 1.807) is 0 Å². The lowest BCUT2D eigenvalue weighted by atomic mass is 9.94. The molecule has 0 radical (unpaired) electrons. The summed E-state index contributed by atoms with van der Waals surface area (Å²) in [5.74, 6) is 0.114. The van der Waals surface area contributed by atoms with Gasteiger partial charge in [-0.05, 0) is 36.4 Å². The van der Waals surface area contributed by atoms with Crippen LogP contribution in [0.1, 0.15) is 31.4 Å². The first-order valence-corrected chi connectivity index (χ1v) is 10.7. The molecule has 2 aromatic rings. The minimum atomic E-state index is 0. The van der Waals surface area contributed by atoms with Crippen LogP contribution in [0.2, 0.25) is 0 Å². The molecule has 1 aliphatic heterocycles. The third-order valence-corrected chi connectivity index (χ3v) is 5.48. The SMILES string of the molecule is CCN(CC)CCC(=O)N1C/C(=C/c2ccccc2)C(=O)/C(=C\c2ccccc2)C1.Cl. The quantitative estimate of drug-likeness (QED) is 0.587. The minimum absolute atomic E-state index is 0. The summed E-state index contributed by atoms with van der Waals surface area (Å²) in [6, 6.07) is 19.6. The van der Waals surface area contributed by atoms with Crippen LogP contribution in [0.3, 0.4) is 0 Å². The molecular formula is C26H31ClN2O2. The van der Waals surface area contributed by atoms with Crippen LogP contribution < -0.4 is 0 Å². The van der Waals surface area contributed by atoms with Crippen LogP contribution in [0.5, 0.6) is 0 Å². The summed E-state index contributed by atoms with van der Waals surface area (Å²) in [7, 11) is 0. The Morgan fingerprint density at radius 1 is 0.871 bits per heavy atom. The number of ketones is 1. The smallest absolute Gasteiger partial charge is 0.224 e. The predicted octanol–water partition coefficient (Wildman–Crippen LogP) is 4.72. The van der Waals surface area contributed by atoms with Gasteiger partial charge >= 0.3 is 0 Å². The molecule has 5 heteroatoms. The molecule has 3 rings (SSSR count). The number of nitrogens with zero attached hydrogens (tertiary/aromatic N) is 2. The molecule has 1 amide bonds. The van der Waals surface area contributed by atoms with Gasteiger partial charge in [0.1, 0.15) is 0 Å². The Labute approximate surface area is 191 Å². The van der Waals surface area contributed by atoms with Crippen molar-refractivity contribution in [2.24, 2.45) is 0 Å². The number of halogens is 1. The van der Waals surface area contributed by atoms with Crippen LogP contribution in [0, 0.1) is 0 Å². The van der Waals surface area contributed by atoms with Crippen LogP contribution in [0.25, 0.3) is 12.2 Å². The maximum atomic E-state index is 13.2. The molecule has 0 N–H and O–H groups in total. The van der Waals surface area contributed by atoms with E-state index in [1.165, 1.54) is 0 Å². The number of rotatable bonds is 7. The Hall–Kier alpha value is -2.69. The standard InChI is InChI=1S/C26H30N2O2.ClH/c1-3-27(4-2)16-15-25(29)28-19-23(17-21-11-7-5-8-12-21)26(30)24(20-28)18-22-13-9-6-10-14-22;/h5-14,17-18H,3-4,15-16,19-20H2,1-2H3;1H/b23-17-,24-18-;. The molecule has 4 nitrogen and oxygen atoms in total. The van der Waals surface area contributed by atoms with E-state index >= 15 is 0 Å². The molecule has 31 heavy (non-hydrogen) atoms. The highest BCUT2D eigenvalue weighted by atomic mass is 35.5. The highest BCUT2D eigenvalue weighted by Gasteiger charge is 2.29. The zero-order chi connectivity index (χ0) is 21.3. The highest BCUT2D eigenvalue weighted by molar-refractivity contribution is 6.15. The van der Waals surface area contributed by atoms with E-state index in [0.29, 0.717) is 30.7 Å². The van der Waals surface area contributed by atoms with Crippen molar-refractivity contribution in [1.82, 2.24) is 9.80 Å². The Balaban J connectivity index is 0.00000341. The minimum Gasteiger partial charge on any atom is -0.334 e. The lowest BCUT2D eigenvalue weighted by Crippen LogP contribution is -2.42. The number of piperidine rings is 1. The van der Waals surface area contributed by atoms with Crippen LogP contribution in [0.4, 0.5) is 0 Å². The molecule has 1 fully saturated rings. The van der Waals surface area contributed by atoms with E-state index < -0.39 is 0 Å². The van der Waals surface area contributed by atoms with E-state index in [4.69, 9.17) is 0 Å². The molecule has 1 saturated heterocycles. The molecule has 0 saturated carbocycles. The number of amides is 1. The van der Waals surface area contributed by atoms with Crippen LogP contribution >= 0.6 is 12.4 Å². The van der Waals surface area contributed by atoms with Gasteiger partial charge in [0.25, 0.3) is 0 Å². The maximum Gasteiger partial charge on any atom is 0.224 e. The van der Waals surface area contributed by atoms with Gasteiger partial charge in [0, 0.05) is 37.2 Å². The number of hydrogen-bond donors (Lipinski definition) is 0. The van der Waals surface area contributed by atoms with E-state index in [9.17, 15) is 9.59 Å². The molecular weight excluding hydrogens is 408 g/mol. The van der Waals surface area contributed by atoms with Crippen LogP contribution in [-0.4, -0.2) is 54.2 Å². The second-order valence-corrected chi connectivity index (χ2v) is 7.52. The zero-order valence-corrected chi connectivity index (χ0v) is 19.1. The van der Waals surface area contributed by atoms with Crippen LogP contribution in [0.15, 0.2) is 71.8 Å². The second-order valence-electron chi connectivity index (χ2n) is 7.52. The summed E-state index contributed by atoms with van der Waals surface area (Å²) in [5, 5.41) is 0. The molecule has 1 aliphatic rings. The number of carbonyl (C=O) groups is 2. The summed E-state index contributed by atoms with van der Waals surface area (Å²) in [5.41, 5.74) is 3.26. The number of benzene rings is 2. The Bertz CT molecular complexity index is 857. The third-order valence-electron chi connectivity index (χ3n) is 5.48. The predicted molar refractivity (Wildman–Crippen MR) is 130 cm³/mol. The van der Waals surface area contributed by atoms with Crippen molar-refractivity contribution >= 4 is 36.2 Å². The van der Waals surface area contributed by atoms with E-state index in [2.05, 4.69) is 18.7 Å². The number of carbonyl (C=O) groups excluding carboxylic acids is 2. The zero-order valence-electron chi connectivity index (χ0n) is 18.3. The van der Waals surface area contributed by atoms with Gasteiger partial charge in [-0.2, -0.15) is 0 Å². The molecule has 0 spiro atoms. The van der Waals surface area contributed by atoms with Crippen molar-refractivity contribution in [3.05, 3.63) is 82.9 Å². The summed E-state index contributed by atoms with van der Waals surface area (Å²) in [4.78, 5) is 30.2. The van der Waals surface area contributed by atoms with Crippen molar-refractivity contribution in [3.63, 3.8) is 0 Å². The van der Waals surface area contributed by atoms with Gasteiger partial charge in [0.2, 0.25) is 5.91 Å². The highest BCUT2D eigenvalue weighted by Crippen LogP contribution is 2.22. The van der Waals surface area contributed by atoms with E-state index in [1.807, 2.05) is 77.7 Å². The van der Waals surface area contributed by atoms with Gasteiger partial charge in [0.15, 0.2) is 5.78 Å². The van der Waals surface area contributed by atoms with Gasteiger partial charge < -0.3 is 9.80 Å². The van der Waals surface area contributed by atoms with Gasteiger partial charge in [-0.25, -0.2) is 0 Å². The van der Waals surface area contributed by atoms with Crippen molar-refractivity contribution in [1.29, 1.82) is 0 Å². The lowest BCUT2D eigenvalue weighted by molar-refractivity contribution is -0.131. The first-order valence-electron chi connectivity index (χ1n) is 10.7. The number of likely N-dealkylation sites (tertiary alicyclic amines) is 1. The summed E-state index contributed by atoms with van der Waals surface area (Å²) in [6.45, 7) is 7.53. The van der Waals surface area contributed by atoms with Crippen molar-refractivity contribution in [2.75, 3.05) is 32.7 Å². The molecule has 1 heterocycles. The van der Waals surface area contributed by atoms with Crippen molar-refractivity contribution in [3.8, 4) is 0 Å². The normalized spacial score (nSPS) is 16.6. The summed E-state index contributed by atoms with van der Waals surface area (Å²) < 4.78 is 0. The Morgan fingerprint density at radius 3 is 1.74 bits per heavy atom. The van der Waals surface area contributed by atoms with Crippen molar-refractivity contribution < 1.29 is 9.59 Å². The van der Waals surface area contributed by atoms with E-state index in [0.717, 1.165) is 30.8 Å². The Kier molecular flexibility index (Phi) is 9.70. The number of Topliss-reactive ketones (excluding diaryl/α,β-unsaturated/α-hetero) is 1. The molecule has 0 aromatic heterocycles. The molecule has 2 aromatic carbocycles. The average molecular weight is 439 g/mol.